The van der Waals surface area contributed by atoms with Crippen LogP contribution in [0.4, 0.5) is 0 Å². The first-order chi connectivity index (χ1) is 17.1. The fourth-order valence-electron chi connectivity index (χ4n) is 4.48. The zero-order valence-electron chi connectivity index (χ0n) is 20.3. The number of nitrogens with one attached hydrogen (secondary N) is 1. The Labute approximate surface area is 207 Å². The lowest BCUT2D eigenvalue weighted by molar-refractivity contribution is -0.617. The molecule has 3 aromatic carbocycles. The van der Waals surface area contributed by atoms with E-state index in [0.717, 1.165) is 27.4 Å². The molecule has 2 amide bonds. The number of carboxylic acid groups (broad SMARTS) is 1. The van der Waals surface area contributed by atoms with Gasteiger partial charge in [-0.1, -0.05) is 24.3 Å². The molecule has 0 bridgehead atoms. The number of benzene rings is 3. The number of hydrogen-bond acceptors (Lipinski definition) is 5. The van der Waals surface area contributed by atoms with Gasteiger partial charge in [0.2, 0.25) is 16.9 Å². The first-order valence-electron chi connectivity index (χ1n) is 11.3. The van der Waals surface area contributed by atoms with E-state index in [1.807, 2.05) is 61.0 Å². The molecule has 0 spiro atoms. The number of esters is 1. The molecule has 4 aromatic rings. The third kappa shape index (κ3) is 4.53. The van der Waals surface area contributed by atoms with Crippen LogP contribution >= 0.6 is 0 Å². The number of aliphatic carboxylic acids is 1. The molecule has 0 radical (unpaired) electrons. The zero-order chi connectivity index (χ0) is 26.1. The van der Waals surface area contributed by atoms with Gasteiger partial charge < -0.3 is 9.84 Å². The van der Waals surface area contributed by atoms with E-state index in [4.69, 9.17) is 9.84 Å². The molecule has 0 aliphatic rings. The summed E-state index contributed by atoms with van der Waals surface area (Å²) in [5, 5.41) is 12.3. The molecule has 36 heavy (non-hydrogen) atoms. The summed E-state index contributed by atoms with van der Waals surface area (Å²) in [5.74, 6) is -3.18. The zero-order valence-corrected chi connectivity index (χ0v) is 20.3. The smallest absolute Gasteiger partial charge is 0.345 e. The van der Waals surface area contributed by atoms with Crippen molar-refractivity contribution in [1.82, 2.24) is 5.32 Å². The number of imide groups is 1. The molecule has 0 aliphatic heterocycles. The predicted molar refractivity (Wildman–Crippen MR) is 133 cm³/mol. The second kappa shape index (κ2) is 9.58. The number of aryl methyl sites for hydroxylation is 4. The standard InChI is InChI=1S/C28H24N2O6/c1-15-8-7-11-21-24(15)25(19-9-5-6-10-20(19)30(21)4)28(35)36-26-16(2)12-18(13-17(26)3)27(34)29-22(31)14-23(32)33/h5-13H,14H2,1-4H3,(H-,29,31,32,33,34)/p+1. The fourth-order valence-corrected chi connectivity index (χ4v) is 4.48. The number of para-hydroxylation sites is 1. The first-order valence-corrected chi connectivity index (χ1v) is 11.3. The van der Waals surface area contributed by atoms with Crippen LogP contribution in [0.25, 0.3) is 21.8 Å². The molecular formula is C28H25N2O6+. The summed E-state index contributed by atoms with van der Waals surface area (Å²) in [7, 11) is 1.96. The van der Waals surface area contributed by atoms with Gasteiger partial charge in [-0.15, -0.1) is 0 Å². The fraction of sp³-hybridized carbons (Fsp3) is 0.179. The van der Waals surface area contributed by atoms with Gasteiger partial charge in [0.25, 0.3) is 5.91 Å². The minimum atomic E-state index is -1.33. The van der Waals surface area contributed by atoms with Gasteiger partial charge in [-0.2, -0.15) is 4.57 Å². The van der Waals surface area contributed by atoms with E-state index in [2.05, 4.69) is 5.32 Å². The number of carbonyl (C=O) groups excluding carboxylic acids is 3. The van der Waals surface area contributed by atoms with E-state index in [-0.39, 0.29) is 5.56 Å². The van der Waals surface area contributed by atoms with Crippen LogP contribution in [0.2, 0.25) is 0 Å². The lowest BCUT2D eigenvalue weighted by atomic mass is 9.98. The van der Waals surface area contributed by atoms with E-state index < -0.39 is 30.2 Å². The van der Waals surface area contributed by atoms with Crippen LogP contribution in [0.1, 0.15) is 43.8 Å². The maximum atomic E-state index is 13.7. The second-order valence-electron chi connectivity index (χ2n) is 8.70. The van der Waals surface area contributed by atoms with E-state index in [1.165, 1.54) is 12.1 Å². The Morgan fingerprint density at radius 1 is 0.889 bits per heavy atom. The van der Waals surface area contributed by atoms with Crippen LogP contribution in [-0.2, 0) is 16.6 Å². The number of rotatable bonds is 5. The minimum absolute atomic E-state index is 0.155. The number of pyridine rings is 1. The van der Waals surface area contributed by atoms with Crippen molar-refractivity contribution in [2.24, 2.45) is 7.05 Å². The van der Waals surface area contributed by atoms with Crippen LogP contribution < -0.4 is 14.6 Å². The Balaban J connectivity index is 1.74. The van der Waals surface area contributed by atoms with Gasteiger partial charge in [-0.3, -0.25) is 19.7 Å². The number of ether oxygens (including phenoxy) is 1. The highest BCUT2D eigenvalue weighted by Crippen LogP contribution is 2.31. The van der Waals surface area contributed by atoms with Crippen molar-refractivity contribution in [3.8, 4) is 5.75 Å². The highest BCUT2D eigenvalue weighted by molar-refractivity contribution is 6.14. The van der Waals surface area contributed by atoms with Gasteiger partial charge in [0, 0.05) is 17.7 Å². The molecule has 1 heterocycles. The van der Waals surface area contributed by atoms with Crippen molar-refractivity contribution in [1.29, 1.82) is 0 Å². The van der Waals surface area contributed by atoms with Crippen LogP contribution in [0.15, 0.2) is 54.6 Å². The van der Waals surface area contributed by atoms with Crippen LogP contribution in [-0.4, -0.2) is 28.9 Å². The third-order valence-electron chi connectivity index (χ3n) is 6.08. The average molecular weight is 486 g/mol. The summed E-state index contributed by atoms with van der Waals surface area (Å²) < 4.78 is 7.96. The van der Waals surface area contributed by atoms with Gasteiger partial charge in [0.05, 0.1) is 16.3 Å². The Bertz CT molecular complexity index is 1570. The molecule has 182 valence electrons. The Morgan fingerprint density at radius 2 is 1.53 bits per heavy atom. The van der Waals surface area contributed by atoms with Gasteiger partial charge >= 0.3 is 11.9 Å². The maximum Gasteiger partial charge on any atom is 0.345 e. The van der Waals surface area contributed by atoms with E-state index >= 15 is 0 Å². The van der Waals surface area contributed by atoms with Crippen molar-refractivity contribution < 1.29 is 33.6 Å². The van der Waals surface area contributed by atoms with Gasteiger partial charge in [-0.05, 0) is 55.7 Å². The van der Waals surface area contributed by atoms with Gasteiger partial charge in [0.1, 0.15) is 19.2 Å². The Hall–Kier alpha value is -4.59. The van der Waals surface area contributed by atoms with Crippen molar-refractivity contribution in [2.45, 2.75) is 27.2 Å². The van der Waals surface area contributed by atoms with Crippen LogP contribution in [0, 0.1) is 20.8 Å². The van der Waals surface area contributed by atoms with Crippen LogP contribution in [0.3, 0.4) is 0 Å². The average Bonchev–Trinajstić information content (AvgIpc) is 2.81. The maximum absolute atomic E-state index is 13.7. The SMILES string of the molecule is Cc1cc(C(=O)NC(=O)CC(=O)O)cc(C)c1OC(=O)c1c2ccccc2[n+](C)c2cccc(C)c12. The summed E-state index contributed by atoms with van der Waals surface area (Å²) in [4.78, 5) is 48.4. The van der Waals surface area contributed by atoms with Gasteiger partial charge in [-0.25, -0.2) is 4.79 Å². The molecule has 0 atom stereocenters. The molecule has 1 aromatic heterocycles. The lowest BCUT2D eigenvalue weighted by Gasteiger charge is -2.15. The highest BCUT2D eigenvalue weighted by Gasteiger charge is 2.26. The molecule has 0 saturated heterocycles. The lowest BCUT2D eigenvalue weighted by Crippen LogP contribution is -2.32. The summed E-state index contributed by atoms with van der Waals surface area (Å²) in [5.41, 5.74) is 4.36. The highest BCUT2D eigenvalue weighted by atomic mass is 16.5. The molecule has 0 saturated carbocycles. The van der Waals surface area contributed by atoms with E-state index in [0.29, 0.717) is 22.4 Å². The summed E-state index contributed by atoms with van der Waals surface area (Å²) in [6.45, 7) is 5.33. The molecular weight excluding hydrogens is 460 g/mol. The second-order valence-corrected chi connectivity index (χ2v) is 8.70. The summed E-state index contributed by atoms with van der Waals surface area (Å²) in [6.07, 6.45) is -0.810. The number of fused-ring (bicyclic) bond motifs is 2. The third-order valence-corrected chi connectivity index (χ3v) is 6.08. The number of aromatic nitrogens is 1. The molecule has 2 N–H and O–H groups in total. The predicted octanol–water partition coefficient (Wildman–Crippen LogP) is 3.69. The quantitative estimate of drug-likeness (QED) is 0.147. The first kappa shape index (κ1) is 24.5. The number of amides is 2. The Kier molecular flexibility index (Phi) is 6.53. The monoisotopic (exact) mass is 485 g/mol. The van der Waals surface area contributed by atoms with Crippen molar-refractivity contribution in [2.75, 3.05) is 0 Å². The van der Waals surface area contributed by atoms with Crippen molar-refractivity contribution in [3.63, 3.8) is 0 Å². The number of nitrogens with zero attached hydrogens (tertiary/aromatic N) is 1. The summed E-state index contributed by atoms with van der Waals surface area (Å²) >= 11 is 0. The normalized spacial score (nSPS) is 10.9. The molecule has 0 unspecified atom stereocenters. The van der Waals surface area contributed by atoms with Gasteiger partial charge in [0.15, 0.2) is 0 Å². The van der Waals surface area contributed by atoms with E-state index in [1.54, 1.807) is 13.8 Å². The number of carbonyl (C=O) groups is 4. The number of carboxylic acids is 1. The van der Waals surface area contributed by atoms with E-state index in [9.17, 15) is 19.2 Å². The molecule has 8 nitrogen and oxygen atoms in total. The van der Waals surface area contributed by atoms with Crippen LogP contribution in [0.5, 0.6) is 5.75 Å². The summed E-state index contributed by atoms with van der Waals surface area (Å²) in [6, 6.07) is 16.5. The minimum Gasteiger partial charge on any atom is -0.481 e. The van der Waals surface area contributed by atoms with Crippen molar-refractivity contribution in [3.05, 3.63) is 82.4 Å². The molecule has 8 heteroatoms. The Morgan fingerprint density at radius 3 is 2.19 bits per heavy atom. The largest absolute Gasteiger partial charge is 0.481 e. The molecule has 4 rings (SSSR count). The molecule has 0 aliphatic carbocycles. The van der Waals surface area contributed by atoms with Crippen molar-refractivity contribution >= 4 is 45.6 Å². The number of hydrogen-bond donors (Lipinski definition) is 2. The molecule has 0 fully saturated rings. The topological polar surface area (TPSA) is 114 Å².